The molecular formula is C24H32N2O4. The van der Waals surface area contributed by atoms with E-state index in [1.54, 1.807) is 4.90 Å². The summed E-state index contributed by atoms with van der Waals surface area (Å²) in [5, 5.41) is 19.1. The van der Waals surface area contributed by atoms with Gasteiger partial charge < -0.3 is 24.4 Å². The Labute approximate surface area is 178 Å². The number of carboxylic acids is 1. The van der Waals surface area contributed by atoms with Gasteiger partial charge in [-0.2, -0.15) is 0 Å². The molecule has 1 aromatic heterocycles. The summed E-state index contributed by atoms with van der Waals surface area (Å²) in [7, 11) is 2.07. The molecule has 0 radical (unpaired) electrons. The van der Waals surface area contributed by atoms with Gasteiger partial charge in [0, 0.05) is 30.9 Å². The molecule has 2 heterocycles. The van der Waals surface area contributed by atoms with Crippen molar-refractivity contribution in [1.82, 2.24) is 9.47 Å². The number of unbranched alkanes of at least 4 members (excludes halogenated alkanes) is 1. The Morgan fingerprint density at radius 3 is 2.67 bits per heavy atom. The Bertz CT molecular complexity index is 899. The summed E-state index contributed by atoms with van der Waals surface area (Å²) in [6, 6.07) is 0. The van der Waals surface area contributed by atoms with E-state index in [-0.39, 0.29) is 11.2 Å². The third-order valence-electron chi connectivity index (χ3n) is 6.05. The summed E-state index contributed by atoms with van der Waals surface area (Å²) in [6.45, 7) is 4.93. The number of ether oxygens (including phenoxy) is 1. The number of aliphatic hydroxyl groups excluding tert-OH is 1. The monoisotopic (exact) mass is 412 g/mol. The van der Waals surface area contributed by atoms with E-state index in [0.717, 1.165) is 38.5 Å². The standard InChI is InChI=1S/C24H32N2O4/c1-4-5-6-7-8-11-20-18(2)19(14-25(20)3)24(12-9-10-13-24)17-26-15-21(23(28)29)30-22(27)16-26/h6-8,11,14-16,27H,4-5,9-10,12-13,17H2,1-3H3,(H,28,29)/b7-6+,11-8-. The van der Waals surface area contributed by atoms with Crippen LogP contribution in [-0.4, -0.2) is 32.2 Å². The lowest BCUT2D eigenvalue weighted by atomic mass is 9.77. The molecule has 2 aliphatic rings. The van der Waals surface area contributed by atoms with Gasteiger partial charge in [0.25, 0.3) is 5.95 Å². The number of aliphatic hydroxyl groups is 1. The fourth-order valence-electron chi connectivity index (χ4n) is 4.63. The average molecular weight is 413 g/mol. The molecule has 0 amide bonds. The molecule has 3 rings (SSSR count). The number of rotatable bonds is 8. The highest BCUT2D eigenvalue weighted by atomic mass is 16.6. The zero-order valence-corrected chi connectivity index (χ0v) is 18.1. The summed E-state index contributed by atoms with van der Waals surface area (Å²) in [4.78, 5) is 13.1. The molecule has 1 saturated carbocycles. The van der Waals surface area contributed by atoms with Crippen molar-refractivity contribution in [2.75, 3.05) is 6.54 Å². The summed E-state index contributed by atoms with van der Waals surface area (Å²) in [5.74, 6) is -1.86. The van der Waals surface area contributed by atoms with Crippen LogP contribution in [-0.2, 0) is 22.0 Å². The molecule has 0 bridgehead atoms. The second-order valence-corrected chi connectivity index (χ2v) is 8.27. The quantitative estimate of drug-likeness (QED) is 0.579. The van der Waals surface area contributed by atoms with Crippen LogP contribution in [0, 0.1) is 6.92 Å². The van der Waals surface area contributed by atoms with Gasteiger partial charge in [-0.15, -0.1) is 0 Å². The van der Waals surface area contributed by atoms with E-state index in [4.69, 9.17) is 4.74 Å². The van der Waals surface area contributed by atoms with Crippen LogP contribution < -0.4 is 0 Å². The first kappa shape index (κ1) is 21.8. The van der Waals surface area contributed by atoms with Crippen LogP contribution in [0.2, 0.25) is 0 Å². The minimum absolute atomic E-state index is 0.0970. The van der Waals surface area contributed by atoms with E-state index < -0.39 is 11.9 Å². The summed E-state index contributed by atoms with van der Waals surface area (Å²) in [5.41, 5.74) is 3.63. The lowest BCUT2D eigenvalue weighted by Gasteiger charge is -2.35. The highest BCUT2D eigenvalue weighted by Gasteiger charge is 2.40. The number of aryl methyl sites for hydroxylation is 1. The van der Waals surface area contributed by atoms with E-state index in [1.165, 1.54) is 29.2 Å². The van der Waals surface area contributed by atoms with Gasteiger partial charge in [0.15, 0.2) is 0 Å². The number of aromatic nitrogens is 1. The SMILES string of the molecule is CCC/C=C/C=C\c1c(C)c(C2(CN3C=C(O)OC(C(=O)O)=C3)CCCC2)cn1C. The number of carboxylic acid groups (broad SMARTS) is 1. The second-order valence-electron chi connectivity index (χ2n) is 8.27. The van der Waals surface area contributed by atoms with E-state index in [1.807, 2.05) is 0 Å². The molecule has 2 N–H and O–H groups in total. The van der Waals surface area contributed by atoms with Crippen molar-refractivity contribution in [3.05, 3.63) is 65.4 Å². The first-order valence-electron chi connectivity index (χ1n) is 10.7. The van der Waals surface area contributed by atoms with Crippen LogP contribution in [0.25, 0.3) is 6.08 Å². The number of hydrogen-bond donors (Lipinski definition) is 2. The van der Waals surface area contributed by atoms with E-state index in [0.29, 0.717) is 6.54 Å². The molecule has 6 heteroatoms. The lowest BCUT2D eigenvalue weighted by molar-refractivity contribution is -0.137. The van der Waals surface area contributed by atoms with Crippen LogP contribution in [0.1, 0.15) is 62.3 Å². The molecule has 0 atom stereocenters. The second kappa shape index (κ2) is 9.28. The zero-order chi connectivity index (χ0) is 21.7. The Hall–Kier alpha value is -2.89. The molecule has 6 nitrogen and oxygen atoms in total. The van der Waals surface area contributed by atoms with Crippen molar-refractivity contribution >= 4 is 12.0 Å². The molecule has 30 heavy (non-hydrogen) atoms. The minimum Gasteiger partial charge on any atom is -0.480 e. The summed E-state index contributed by atoms with van der Waals surface area (Å²) < 4.78 is 7.08. The van der Waals surface area contributed by atoms with Gasteiger partial charge >= 0.3 is 5.97 Å². The predicted molar refractivity (Wildman–Crippen MR) is 118 cm³/mol. The van der Waals surface area contributed by atoms with Gasteiger partial charge in [0.1, 0.15) is 0 Å². The highest BCUT2D eigenvalue weighted by molar-refractivity contribution is 5.84. The first-order valence-corrected chi connectivity index (χ1v) is 10.7. The number of nitrogens with zero attached hydrogens (tertiary/aromatic N) is 2. The van der Waals surface area contributed by atoms with Gasteiger partial charge in [-0.3, -0.25) is 0 Å². The molecule has 1 fully saturated rings. The Kier molecular flexibility index (Phi) is 6.75. The number of hydrogen-bond acceptors (Lipinski definition) is 4. The molecule has 1 aliphatic carbocycles. The van der Waals surface area contributed by atoms with Crippen LogP contribution in [0.3, 0.4) is 0 Å². The lowest BCUT2D eigenvalue weighted by Crippen LogP contribution is -2.36. The van der Waals surface area contributed by atoms with Crippen LogP contribution >= 0.6 is 0 Å². The van der Waals surface area contributed by atoms with E-state index in [9.17, 15) is 15.0 Å². The maximum absolute atomic E-state index is 11.3. The molecule has 1 aromatic rings. The fourth-order valence-corrected chi connectivity index (χ4v) is 4.63. The molecule has 0 saturated heterocycles. The zero-order valence-electron chi connectivity index (χ0n) is 18.1. The Morgan fingerprint density at radius 2 is 2.00 bits per heavy atom. The summed E-state index contributed by atoms with van der Waals surface area (Å²) >= 11 is 0. The van der Waals surface area contributed by atoms with Gasteiger partial charge in [-0.05, 0) is 43.4 Å². The van der Waals surface area contributed by atoms with Gasteiger partial charge in [0.05, 0.1) is 12.4 Å². The largest absolute Gasteiger partial charge is 0.480 e. The normalized spacial score (nSPS) is 18.7. The topological polar surface area (TPSA) is 74.9 Å². The number of carbonyl (C=O) groups is 1. The van der Waals surface area contributed by atoms with Crippen molar-refractivity contribution < 1.29 is 19.7 Å². The molecule has 0 aromatic carbocycles. The van der Waals surface area contributed by atoms with Crippen molar-refractivity contribution in [2.24, 2.45) is 7.05 Å². The summed E-state index contributed by atoms with van der Waals surface area (Å²) in [6.07, 6.45) is 20.2. The Balaban J connectivity index is 1.90. The van der Waals surface area contributed by atoms with Gasteiger partial charge in [-0.25, -0.2) is 4.79 Å². The smallest absolute Gasteiger partial charge is 0.373 e. The van der Waals surface area contributed by atoms with Crippen LogP contribution in [0.5, 0.6) is 0 Å². The molecule has 0 spiro atoms. The Morgan fingerprint density at radius 1 is 1.27 bits per heavy atom. The van der Waals surface area contributed by atoms with E-state index >= 15 is 0 Å². The number of aliphatic carboxylic acids is 1. The third kappa shape index (κ3) is 4.64. The first-order chi connectivity index (χ1) is 14.4. The van der Waals surface area contributed by atoms with Crippen molar-refractivity contribution in [3.63, 3.8) is 0 Å². The maximum Gasteiger partial charge on any atom is 0.373 e. The molecule has 0 unspecified atom stereocenters. The molecular weight excluding hydrogens is 380 g/mol. The predicted octanol–water partition coefficient (Wildman–Crippen LogP) is 5.13. The third-order valence-corrected chi connectivity index (χ3v) is 6.05. The average Bonchev–Trinajstić information content (AvgIpc) is 3.27. The maximum atomic E-state index is 11.3. The molecule has 1 aliphatic heterocycles. The van der Waals surface area contributed by atoms with Gasteiger partial charge in [-0.1, -0.05) is 44.4 Å². The molecule has 162 valence electrons. The van der Waals surface area contributed by atoms with Crippen LogP contribution in [0.4, 0.5) is 0 Å². The number of allylic oxidation sites excluding steroid dienone is 3. The fraction of sp³-hybridized carbons (Fsp3) is 0.458. The minimum atomic E-state index is -1.19. The van der Waals surface area contributed by atoms with Crippen molar-refractivity contribution in [3.8, 4) is 0 Å². The van der Waals surface area contributed by atoms with Crippen LogP contribution in [0.15, 0.2) is 48.5 Å². The van der Waals surface area contributed by atoms with E-state index in [2.05, 4.69) is 56.0 Å². The van der Waals surface area contributed by atoms with Crippen molar-refractivity contribution in [1.29, 1.82) is 0 Å². The van der Waals surface area contributed by atoms with Gasteiger partial charge in [0.2, 0.25) is 5.76 Å². The highest BCUT2D eigenvalue weighted by Crippen LogP contribution is 2.44. The van der Waals surface area contributed by atoms with Crippen molar-refractivity contribution in [2.45, 2.75) is 57.8 Å².